The van der Waals surface area contributed by atoms with Crippen LogP contribution in [-0.2, 0) is 0 Å². The molecule has 1 aliphatic carbocycles. The fourth-order valence-corrected chi connectivity index (χ4v) is 3.49. The number of anilines is 1. The summed E-state index contributed by atoms with van der Waals surface area (Å²) in [5.74, 6) is 0.557. The van der Waals surface area contributed by atoms with Gasteiger partial charge in [0.05, 0.1) is 12.1 Å². The van der Waals surface area contributed by atoms with Gasteiger partial charge in [-0.3, -0.25) is 4.99 Å². The summed E-state index contributed by atoms with van der Waals surface area (Å²) in [7, 11) is 0. The van der Waals surface area contributed by atoms with Crippen molar-refractivity contribution in [2.45, 2.75) is 31.3 Å². The van der Waals surface area contributed by atoms with Gasteiger partial charge in [0.15, 0.2) is 5.96 Å². The molecule has 0 bridgehead atoms. The maximum absolute atomic E-state index is 10.4. The summed E-state index contributed by atoms with van der Waals surface area (Å²) in [5.41, 5.74) is 6.67. The summed E-state index contributed by atoms with van der Waals surface area (Å²) in [4.78, 5) is 8.87. The zero-order valence-corrected chi connectivity index (χ0v) is 16.9. The Balaban J connectivity index is 0.00000208. The molecule has 1 saturated heterocycles. The molecule has 3 rings (SSSR count). The summed E-state index contributed by atoms with van der Waals surface area (Å²) in [6.07, 6.45) is 3.86. The van der Waals surface area contributed by atoms with Gasteiger partial charge in [-0.05, 0) is 37.1 Å². The van der Waals surface area contributed by atoms with Crippen LogP contribution in [0.25, 0.3) is 0 Å². The predicted octanol–water partition coefficient (Wildman–Crippen LogP) is 2.70. The van der Waals surface area contributed by atoms with Gasteiger partial charge in [-0.1, -0.05) is 24.4 Å². The Morgan fingerprint density at radius 1 is 1.12 bits per heavy atom. The maximum atomic E-state index is 10.4. The number of guanidine groups is 1. The highest BCUT2D eigenvalue weighted by Crippen LogP contribution is 2.29. The summed E-state index contributed by atoms with van der Waals surface area (Å²) in [6.45, 7) is 3.92. The SMILES string of the molecule is I.NC(=NCC1(O)CCCC1)N1CCN(c2ccc(Cl)cc2)CC1. The van der Waals surface area contributed by atoms with E-state index in [0.29, 0.717) is 12.5 Å². The van der Waals surface area contributed by atoms with Gasteiger partial charge < -0.3 is 20.6 Å². The molecule has 0 spiro atoms. The molecule has 5 nitrogen and oxygen atoms in total. The predicted molar refractivity (Wildman–Crippen MR) is 111 cm³/mol. The fraction of sp³-hybridized carbons (Fsp3) is 0.588. The molecule has 1 aromatic rings. The molecule has 134 valence electrons. The average molecular weight is 465 g/mol. The number of halogens is 2. The van der Waals surface area contributed by atoms with Crippen molar-refractivity contribution in [1.29, 1.82) is 0 Å². The summed E-state index contributed by atoms with van der Waals surface area (Å²) >= 11 is 5.94. The molecule has 0 amide bonds. The number of benzene rings is 1. The van der Waals surface area contributed by atoms with Crippen LogP contribution in [-0.4, -0.2) is 54.3 Å². The lowest BCUT2D eigenvalue weighted by molar-refractivity contribution is 0.0572. The Bertz CT molecular complexity index is 552. The third kappa shape index (κ3) is 4.89. The van der Waals surface area contributed by atoms with Crippen LogP contribution in [0.1, 0.15) is 25.7 Å². The molecule has 2 aliphatic rings. The van der Waals surface area contributed by atoms with Gasteiger partial charge in [-0.25, -0.2) is 0 Å². The normalized spacial score (nSPS) is 20.8. The van der Waals surface area contributed by atoms with Crippen molar-refractivity contribution in [3.63, 3.8) is 0 Å². The van der Waals surface area contributed by atoms with Crippen LogP contribution in [0.15, 0.2) is 29.3 Å². The molecule has 2 fully saturated rings. The van der Waals surface area contributed by atoms with Gasteiger partial charge in [0.2, 0.25) is 0 Å². The molecule has 1 saturated carbocycles. The Labute approximate surface area is 165 Å². The molecule has 0 aromatic heterocycles. The fourth-order valence-electron chi connectivity index (χ4n) is 3.37. The van der Waals surface area contributed by atoms with Gasteiger partial charge in [0.1, 0.15) is 0 Å². The molecule has 24 heavy (non-hydrogen) atoms. The van der Waals surface area contributed by atoms with Crippen LogP contribution in [0.2, 0.25) is 5.02 Å². The second-order valence-electron chi connectivity index (χ2n) is 6.56. The highest BCUT2D eigenvalue weighted by atomic mass is 127. The smallest absolute Gasteiger partial charge is 0.191 e. The largest absolute Gasteiger partial charge is 0.388 e. The van der Waals surface area contributed by atoms with E-state index in [1.54, 1.807) is 0 Å². The first-order valence-corrected chi connectivity index (χ1v) is 8.71. The van der Waals surface area contributed by atoms with Crippen LogP contribution in [0.3, 0.4) is 0 Å². The Morgan fingerprint density at radius 2 is 1.71 bits per heavy atom. The second kappa shape index (κ2) is 8.58. The first-order chi connectivity index (χ1) is 11.1. The molecule has 1 heterocycles. The summed E-state index contributed by atoms with van der Waals surface area (Å²) in [5, 5.41) is 11.1. The van der Waals surface area contributed by atoms with Gasteiger partial charge in [-0.15, -0.1) is 24.0 Å². The lowest BCUT2D eigenvalue weighted by Crippen LogP contribution is -2.51. The van der Waals surface area contributed by atoms with Gasteiger partial charge >= 0.3 is 0 Å². The van der Waals surface area contributed by atoms with Crippen molar-refractivity contribution < 1.29 is 5.11 Å². The zero-order valence-electron chi connectivity index (χ0n) is 13.8. The minimum absolute atomic E-state index is 0. The van der Waals surface area contributed by atoms with E-state index in [2.05, 4.69) is 14.8 Å². The monoisotopic (exact) mass is 464 g/mol. The average Bonchev–Trinajstić information content (AvgIpc) is 3.01. The van der Waals surface area contributed by atoms with Crippen molar-refractivity contribution >= 4 is 47.2 Å². The molecular formula is C17H26ClIN4O. The molecule has 0 atom stereocenters. The van der Waals surface area contributed by atoms with E-state index in [-0.39, 0.29) is 24.0 Å². The summed E-state index contributed by atoms with van der Waals surface area (Å²) in [6, 6.07) is 7.93. The van der Waals surface area contributed by atoms with Gasteiger partial charge in [-0.2, -0.15) is 0 Å². The number of nitrogens with zero attached hydrogens (tertiary/aromatic N) is 3. The van der Waals surface area contributed by atoms with Crippen LogP contribution in [0.4, 0.5) is 5.69 Å². The minimum Gasteiger partial charge on any atom is -0.388 e. The lowest BCUT2D eigenvalue weighted by Gasteiger charge is -2.36. The molecular weight excluding hydrogens is 439 g/mol. The number of piperazine rings is 1. The van der Waals surface area contributed by atoms with Crippen molar-refractivity contribution in [3.8, 4) is 0 Å². The van der Waals surface area contributed by atoms with Gasteiger partial charge in [0.25, 0.3) is 0 Å². The quantitative estimate of drug-likeness (QED) is 0.410. The number of aliphatic imine (C=N–C) groups is 1. The van der Waals surface area contributed by atoms with Crippen molar-refractivity contribution in [2.24, 2.45) is 10.7 Å². The van der Waals surface area contributed by atoms with E-state index in [4.69, 9.17) is 17.3 Å². The van der Waals surface area contributed by atoms with Crippen LogP contribution in [0, 0.1) is 0 Å². The van der Waals surface area contributed by atoms with E-state index < -0.39 is 5.60 Å². The molecule has 1 aliphatic heterocycles. The number of hydrogen-bond donors (Lipinski definition) is 2. The van der Waals surface area contributed by atoms with Crippen molar-refractivity contribution in [3.05, 3.63) is 29.3 Å². The Hall–Kier alpha value is -0.730. The number of aliphatic hydroxyl groups is 1. The van der Waals surface area contributed by atoms with E-state index in [9.17, 15) is 5.11 Å². The van der Waals surface area contributed by atoms with Gasteiger partial charge in [0, 0.05) is 36.9 Å². The van der Waals surface area contributed by atoms with E-state index in [1.807, 2.05) is 24.3 Å². The van der Waals surface area contributed by atoms with Crippen LogP contribution >= 0.6 is 35.6 Å². The van der Waals surface area contributed by atoms with E-state index in [0.717, 1.165) is 56.9 Å². The van der Waals surface area contributed by atoms with E-state index in [1.165, 1.54) is 5.69 Å². The number of nitrogens with two attached hydrogens (primary N) is 1. The zero-order chi connectivity index (χ0) is 16.3. The topological polar surface area (TPSA) is 65.1 Å². The first-order valence-electron chi connectivity index (χ1n) is 8.34. The highest BCUT2D eigenvalue weighted by molar-refractivity contribution is 14.0. The third-order valence-electron chi connectivity index (χ3n) is 4.87. The molecule has 7 heteroatoms. The Kier molecular flexibility index (Phi) is 7.00. The standard InChI is InChI=1S/C17H25ClN4O.HI/c18-14-3-5-15(6-4-14)21-9-11-22(12-10-21)16(19)20-13-17(23)7-1-2-8-17;/h3-6,23H,1-2,7-13H2,(H2,19,20);1H. The first kappa shape index (κ1) is 19.6. The molecule has 0 radical (unpaired) electrons. The Morgan fingerprint density at radius 3 is 2.29 bits per heavy atom. The van der Waals surface area contributed by atoms with E-state index >= 15 is 0 Å². The highest BCUT2D eigenvalue weighted by Gasteiger charge is 2.31. The molecule has 1 aromatic carbocycles. The molecule has 3 N–H and O–H groups in total. The van der Waals surface area contributed by atoms with Crippen LogP contribution in [0.5, 0.6) is 0 Å². The lowest BCUT2D eigenvalue weighted by atomic mass is 10.0. The van der Waals surface area contributed by atoms with Crippen molar-refractivity contribution in [2.75, 3.05) is 37.6 Å². The summed E-state index contributed by atoms with van der Waals surface area (Å²) < 4.78 is 0. The molecule has 0 unspecified atom stereocenters. The van der Waals surface area contributed by atoms with Crippen molar-refractivity contribution in [1.82, 2.24) is 4.90 Å². The number of rotatable bonds is 3. The number of hydrogen-bond acceptors (Lipinski definition) is 3. The second-order valence-corrected chi connectivity index (χ2v) is 6.99. The minimum atomic E-state index is -0.629. The third-order valence-corrected chi connectivity index (χ3v) is 5.12. The maximum Gasteiger partial charge on any atom is 0.191 e. The van der Waals surface area contributed by atoms with Crippen LogP contribution < -0.4 is 10.6 Å².